The molecule has 47 valence electrons. The van der Waals surface area contributed by atoms with E-state index >= 15 is 0 Å². The molecule has 0 saturated carbocycles. The van der Waals surface area contributed by atoms with Crippen molar-refractivity contribution in [2.75, 3.05) is 5.73 Å². The molecule has 0 heterocycles. The summed E-state index contributed by atoms with van der Waals surface area (Å²) in [5.41, 5.74) is 5.47. The second-order valence-electron chi connectivity index (χ2n) is 1.58. The molecule has 0 amide bonds. The van der Waals surface area contributed by atoms with E-state index in [1.54, 1.807) is 0 Å². The summed E-state index contributed by atoms with van der Waals surface area (Å²) in [6, 6.07) is 4.69. The van der Waals surface area contributed by atoms with Crippen LogP contribution in [0.2, 0.25) is 5.02 Å². The average molecular weight is 145 g/mol. The van der Waals surface area contributed by atoms with E-state index in [0.717, 1.165) is 6.07 Å². The summed E-state index contributed by atoms with van der Waals surface area (Å²) in [6.45, 7) is 0. The summed E-state index contributed by atoms with van der Waals surface area (Å²) < 4.78 is 12.2. The minimum absolute atomic E-state index is 0.243. The van der Waals surface area contributed by atoms with Crippen molar-refractivity contribution in [1.82, 2.24) is 0 Å². The highest BCUT2D eigenvalue weighted by Crippen LogP contribution is 2.17. The van der Waals surface area contributed by atoms with Gasteiger partial charge in [0.15, 0.2) is 0 Å². The van der Waals surface area contributed by atoms with E-state index in [0.29, 0.717) is 5.02 Å². The number of nitrogen functional groups attached to an aromatic ring is 1. The first-order valence-corrected chi connectivity index (χ1v) is 2.70. The Morgan fingerprint density at radius 2 is 2.33 bits per heavy atom. The average Bonchev–Trinajstić information content (AvgIpc) is 1.80. The van der Waals surface area contributed by atoms with Crippen LogP contribution in [0.3, 0.4) is 0 Å². The molecule has 1 radical (unpaired) electrons. The lowest BCUT2D eigenvalue weighted by molar-refractivity contribution is 0.626. The Hall–Kier alpha value is -0.760. The van der Waals surface area contributed by atoms with Crippen molar-refractivity contribution in [1.29, 1.82) is 0 Å². The molecule has 0 aromatic heterocycles. The van der Waals surface area contributed by atoms with Crippen LogP contribution >= 0.6 is 11.6 Å². The monoisotopic (exact) mass is 144 g/mol. The second kappa shape index (κ2) is 2.23. The molecule has 3 heteroatoms. The molecule has 0 unspecified atom stereocenters. The van der Waals surface area contributed by atoms with Gasteiger partial charge in [-0.15, -0.1) is 0 Å². The van der Waals surface area contributed by atoms with Crippen LogP contribution in [0.5, 0.6) is 0 Å². The van der Waals surface area contributed by atoms with Gasteiger partial charge in [0.1, 0.15) is 5.82 Å². The second-order valence-corrected chi connectivity index (χ2v) is 1.99. The predicted molar refractivity (Wildman–Crippen MR) is 34.7 cm³/mol. The summed E-state index contributed by atoms with van der Waals surface area (Å²) in [6.07, 6.45) is 0. The minimum atomic E-state index is -0.489. The molecule has 1 aromatic rings. The molecule has 1 aromatic carbocycles. The SMILES string of the molecule is Nc1cc(F)[c]cc1Cl. The molecule has 0 aliphatic rings. The zero-order valence-corrected chi connectivity index (χ0v) is 5.24. The standard InChI is InChI=1S/C6H4ClFN/c7-5-2-1-4(8)3-6(5)9/h2-3H,9H2. The third-order valence-corrected chi connectivity index (χ3v) is 1.22. The largest absolute Gasteiger partial charge is 0.397 e. The Balaban J connectivity index is 3.17. The summed E-state index contributed by atoms with van der Waals surface area (Å²) in [7, 11) is 0. The molecular formula is C6H4ClFN. The number of hydrogen-bond donors (Lipinski definition) is 1. The summed E-state index contributed by atoms with van der Waals surface area (Å²) in [5.74, 6) is -0.489. The molecular weight excluding hydrogens is 141 g/mol. The molecule has 0 aliphatic heterocycles. The first-order valence-electron chi connectivity index (χ1n) is 2.32. The molecule has 9 heavy (non-hydrogen) atoms. The van der Waals surface area contributed by atoms with Crippen LogP contribution in [-0.4, -0.2) is 0 Å². The predicted octanol–water partition coefficient (Wildman–Crippen LogP) is 1.86. The van der Waals surface area contributed by atoms with Gasteiger partial charge in [0, 0.05) is 6.07 Å². The molecule has 0 spiro atoms. The quantitative estimate of drug-likeness (QED) is 0.553. The zero-order valence-electron chi connectivity index (χ0n) is 4.49. The van der Waals surface area contributed by atoms with E-state index in [-0.39, 0.29) is 5.69 Å². The maximum Gasteiger partial charge on any atom is 0.133 e. The Morgan fingerprint density at radius 1 is 1.67 bits per heavy atom. The van der Waals surface area contributed by atoms with E-state index in [2.05, 4.69) is 6.07 Å². The highest BCUT2D eigenvalue weighted by atomic mass is 35.5. The third kappa shape index (κ3) is 1.33. The van der Waals surface area contributed by atoms with Gasteiger partial charge in [-0.25, -0.2) is 4.39 Å². The fourth-order valence-electron chi connectivity index (χ4n) is 0.463. The lowest BCUT2D eigenvalue weighted by Crippen LogP contribution is -1.86. The van der Waals surface area contributed by atoms with Gasteiger partial charge in [-0.3, -0.25) is 0 Å². The fourth-order valence-corrected chi connectivity index (χ4v) is 0.572. The van der Waals surface area contributed by atoms with E-state index in [4.69, 9.17) is 17.3 Å². The number of benzene rings is 1. The summed E-state index contributed by atoms with van der Waals surface area (Å²) >= 11 is 5.46. The number of nitrogens with two attached hydrogens (primary N) is 1. The molecule has 2 N–H and O–H groups in total. The Bertz CT molecular complexity index is 224. The van der Waals surface area contributed by atoms with E-state index < -0.39 is 5.82 Å². The maximum atomic E-state index is 12.2. The van der Waals surface area contributed by atoms with Gasteiger partial charge in [-0.05, 0) is 12.1 Å². The lowest BCUT2D eigenvalue weighted by Gasteiger charge is -1.93. The van der Waals surface area contributed by atoms with Crippen molar-refractivity contribution in [3.63, 3.8) is 0 Å². The molecule has 0 atom stereocenters. The van der Waals surface area contributed by atoms with Crippen LogP contribution < -0.4 is 5.73 Å². The van der Waals surface area contributed by atoms with Gasteiger partial charge in [-0.1, -0.05) is 11.6 Å². The Kier molecular flexibility index (Phi) is 1.58. The molecule has 0 bridgehead atoms. The van der Waals surface area contributed by atoms with Crippen LogP contribution in [0.15, 0.2) is 12.1 Å². The van der Waals surface area contributed by atoms with Crippen LogP contribution in [0.4, 0.5) is 10.1 Å². The van der Waals surface area contributed by atoms with Crippen molar-refractivity contribution >= 4 is 17.3 Å². The molecule has 0 saturated heterocycles. The van der Waals surface area contributed by atoms with Crippen LogP contribution in [0.25, 0.3) is 0 Å². The first kappa shape index (κ1) is 6.36. The van der Waals surface area contributed by atoms with Gasteiger partial charge < -0.3 is 5.73 Å². The van der Waals surface area contributed by atoms with Gasteiger partial charge in [-0.2, -0.15) is 0 Å². The van der Waals surface area contributed by atoms with Crippen LogP contribution in [0, 0.1) is 11.9 Å². The molecule has 0 aliphatic carbocycles. The van der Waals surface area contributed by atoms with Crippen molar-refractivity contribution in [3.05, 3.63) is 29.0 Å². The van der Waals surface area contributed by atoms with E-state index in [1.807, 2.05) is 0 Å². The van der Waals surface area contributed by atoms with Crippen LogP contribution in [-0.2, 0) is 0 Å². The topological polar surface area (TPSA) is 26.0 Å². The van der Waals surface area contributed by atoms with E-state index in [1.165, 1.54) is 6.07 Å². The highest BCUT2D eigenvalue weighted by Gasteiger charge is 1.95. The number of anilines is 1. The van der Waals surface area contributed by atoms with E-state index in [9.17, 15) is 4.39 Å². The molecule has 1 nitrogen and oxygen atoms in total. The fraction of sp³-hybridized carbons (Fsp3) is 0. The zero-order chi connectivity index (χ0) is 6.85. The third-order valence-electron chi connectivity index (χ3n) is 0.895. The van der Waals surface area contributed by atoms with Gasteiger partial charge in [0.05, 0.1) is 10.7 Å². The lowest BCUT2D eigenvalue weighted by atomic mass is 10.3. The maximum absolute atomic E-state index is 12.2. The van der Waals surface area contributed by atoms with Gasteiger partial charge in [0.2, 0.25) is 0 Å². The number of halogens is 2. The van der Waals surface area contributed by atoms with Gasteiger partial charge in [0.25, 0.3) is 0 Å². The number of hydrogen-bond acceptors (Lipinski definition) is 1. The van der Waals surface area contributed by atoms with Crippen molar-refractivity contribution in [2.45, 2.75) is 0 Å². The van der Waals surface area contributed by atoms with Crippen LogP contribution in [0.1, 0.15) is 0 Å². The van der Waals surface area contributed by atoms with Crippen molar-refractivity contribution in [2.24, 2.45) is 0 Å². The molecule has 1 rings (SSSR count). The smallest absolute Gasteiger partial charge is 0.133 e. The normalized spacial score (nSPS) is 9.56. The highest BCUT2D eigenvalue weighted by molar-refractivity contribution is 6.32. The molecule has 0 fully saturated rings. The first-order chi connectivity index (χ1) is 4.20. The summed E-state index contributed by atoms with van der Waals surface area (Å²) in [4.78, 5) is 0. The minimum Gasteiger partial charge on any atom is -0.397 e. The Morgan fingerprint density at radius 3 is 2.78 bits per heavy atom. The van der Waals surface area contributed by atoms with Crippen molar-refractivity contribution in [3.8, 4) is 0 Å². The number of rotatable bonds is 0. The van der Waals surface area contributed by atoms with Gasteiger partial charge >= 0.3 is 0 Å². The van der Waals surface area contributed by atoms with Crippen molar-refractivity contribution < 1.29 is 4.39 Å². The summed E-state index contributed by atoms with van der Waals surface area (Å²) in [5, 5.41) is 0.330. The Labute approximate surface area is 57.2 Å².